The number of benzene rings is 2. The lowest BCUT2D eigenvalue weighted by Crippen LogP contribution is -2.36. The molecule has 6 nitrogen and oxygen atoms in total. The first-order valence-corrected chi connectivity index (χ1v) is 15.0. The Kier molecular flexibility index (Phi) is 6.45. The zero-order valence-electron chi connectivity index (χ0n) is 20.7. The largest absolute Gasteiger partial charge is 0.496 e. The lowest BCUT2D eigenvalue weighted by Gasteiger charge is -2.23. The zero-order valence-corrected chi connectivity index (χ0v) is 23.1. The van der Waals surface area contributed by atoms with E-state index in [-0.39, 0.29) is 11.2 Å². The van der Waals surface area contributed by atoms with E-state index in [4.69, 9.17) is 4.74 Å². The molecule has 4 aromatic rings. The Hall–Kier alpha value is -2.72. The van der Waals surface area contributed by atoms with E-state index in [2.05, 4.69) is 78.9 Å². The molecule has 0 saturated heterocycles. The molecule has 0 fully saturated rings. The van der Waals surface area contributed by atoms with Gasteiger partial charge in [-0.3, -0.25) is 4.55 Å². The smallest absolute Gasteiger partial charge is 0.265 e. The van der Waals surface area contributed by atoms with E-state index >= 15 is 0 Å². The molecule has 36 heavy (non-hydrogen) atoms. The molecule has 3 heterocycles. The fraction of sp³-hybridized carbons (Fsp3) is 0.296. The summed E-state index contributed by atoms with van der Waals surface area (Å²) < 4.78 is 42.0. The molecule has 1 aliphatic rings. The number of methoxy groups -OCH3 is 1. The lowest BCUT2D eigenvalue weighted by molar-refractivity contribution is -0.667. The number of ether oxygens (including phenoxy) is 1. The minimum Gasteiger partial charge on any atom is -0.496 e. The second kappa shape index (κ2) is 9.30. The predicted molar refractivity (Wildman–Crippen MR) is 150 cm³/mol. The van der Waals surface area contributed by atoms with Gasteiger partial charge in [-0.1, -0.05) is 49.5 Å². The van der Waals surface area contributed by atoms with Crippen molar-refractivity contribution in [3.8, 4) is 5.75 Å². The third-order valence-electron chi connectivity index (χ3n) is 6.83. The third-order valence-corrected chi connectivity index (χ3v) is 9.65. The fourth-order valence-electron chi connectivity index (χ4n) is 5.12. The Morgan fingerprint density at radius 3 is 2.72 bits per heavy atom. The van der Waals surface area contributed by atoms with Crippen molar-refractivity contribution in [3.05, 3.63) is 70.2 Å². The van der Waals surface area contributed by atoms with Gasteiger partial charge in [-0.25, -0.2) is 0 Å². The molecule has 5 rings (SSSR count). The molecule has 0 unspecified atom stereocenters. The second-order valence-corrected chi connectivity index (χ2v) is 13.0. The van der Waals surface area contributed by atoms with Crippen molar-refractivity contribution in [2.24, 2.45) is 0 Å². The number of aryl methyl sites for hydroxylation is 1. The van der Waals surface area contributed by atoms with E-state index in [0.29, 0.717) is 13.0 Å². The van der Waals surface area contributed by atoms with E-state index in [1.165, 1.54) is 16.9 Å². The molecule has 0 aliphatic carbocycles. The Labute approximate surface area is 219 Å². The highest BCUT2D eigenvalue weighted by Crippen LogP contribution is 2.46. The fourth-order valence-corrected chi connectivity index (χ4v) is 7.78. The van der Waals surface area contributed by atoms with Crippen molar-refractivity contribution >= 4 is 64.9 Å². The average molecular weight is 542 g/mol. The lowest BCUT2D eigenvalue weighted by atomic mass is 9.84. The molecule has 1 aliphatic heterocycles. The van der Waals surface area contributed by atoms with Crippen molar-refractivity contribution in [1.82, 2.24) is 0 Å². The van der Waals surface area contributed by atoms with Gasteiger partial charge in [-0.05, 0) is 29.2 Å². The number of nitrogens with zero attached hydrogens (tertiary/aromatic N) is 2. The SMILES string of the molecule is COc1cc2sc(/C=C\C=C3/N(C)c4ccccc4C3(C)C)[n+](CCCS(=O)(=O)O)c2c2sccc12. The third kappa shape index (κ3) is 4.34. The minimum absolute atomic E-state index is 0.113. The highest BCUT2D eigenvalue weighted by atomic mass is 32.2. The number of fused-ring (bicyclic) bond motifs is 4. The zero-order chi connectivity index (χ0) is 25.7. The summed E-state index contributed by atoms with van der Waals surface area (Å²) in [4.78, 5) is 2.24. The summed E-state index contributed by atoms with van der Waals surface area (Å²) in [5.74, 6) is 0.556. The quantitative estimate of drug-likeness (QED) is 0.229. The number of likely N-dealkylation sites (N-methyl/N-ethyl adjacent to an activating group) is 1. The minimum atomic E-state index is -4.02. The summed E-state index contributed by atoms with van der Waals surface area (Å²) in [6, 6.07) is 12.6. The van der Waals surface area contributed by atoms with E-state index in [0.717, 1.165) is 31.1 Å². The van der Waals surface area contributed by atoms with E-state index in [1.54, 1.807) is 29.8 Å². The van der Waals surface area contributed by atoms with Crippen LogP contribution in [0.25, 0.3) is 26.4 Å². The molecular weight excluding hydrogens is 513 g/mol. The van der Waals surface area contributed by atoms with Crippen molar-refractivity contribution in [2.45, 2.75) is 32.2 Å². The van der Waals surface area contributed by atoms with Gasteiger partial charge in [0.05, 0.1) is 12.9 Å². The van der Waals surface area contributed by atoms with Crippen molar-refractivity contribution in [3.63, 3.8) is 0 Å². The van der Waals surface area contributed by atoms with Crippen LogP contribution in [0.15, 0.2) is 59.6 Å². The molecule has 2 aromatic heterocycles. The maximum absolute atomic E-state index is 11.4. The normalized spacial score (nSPS) is 16.6. The number of thiazole rings is 1. The summed E-state index contributed by atoms with van der Waals surface area (Å²) in [7, 11) is -0.243. The highest BCUT2D eigenvalue weighted by Gasteiger charge is 2.37. The second-order valence-electron chi connectivity index (χ2n) is 9.43. The number of hydrogen-bond acceptors (Lipinski definition) is 6. The Morgan fingerprint density at radius 2 is 2.00 bits per heavy atom. The maximum atomic E-state index is 11.4. The monoisotopic (exact) mass is 541 g/mol. The standard InChI is InChI=1S/C27H28N2O4S3/c1-27(2)19-9-5-6-10-20(19)28(3)23(27)11-7-12-24-29(14-8-16-36(30,31)32)25-22(35-24)17-21(33-4)18-13-15-34-26(18)25/h5-7,9-13,15,17H,8,14,16H2,1-4H3/p+1. The van der Waals surface area contributed by atoms with Crippen LogP contribution in [-0.4, -0.2) is 32.9 Å². The van der Waals surface area contributed by atoms with Crippen LogP contribution in [0.1, 0.15) is 30.8 Å². The molecule has 0 amide bonds. The van der Waals surface area contributed by atoms with Crippen LogP contribution in [0.2, 0.25) is 0 Å². The number of para-hydroxylation sites is 1. The summed E-state index contributed by atoms with van der Waals surface area (Å²) in [5, 5.41) is 4.10. The van der Waals surface area contributed by atoms with E-state index in [1.807, 2.05) is 11.4 Å². The Bertz CT molecular complexity index is 1630. The van der Waals surface area contributed by atoms with Crippen LogP contribution >= 0.6 is 22.7 Å². The molecule has 0 radical (unpaired) electrons. The summed E-state index contributed by atoms with van der Waals surface area (Å²) >= 11 is 3.29. The first-order valence-electron chi connectivity index (χ1n) is 11.7. The van der Waals surface area contributed by atoms with Gasteiger partial charge in [0, 0.05) is 47.8 Å². The molecule has 188 valence electrons. The van der Waals surface area contributed by atoms with Crippen LogP contribution in [-0.2, 0) is 22.1 Å². The van der Waals surface area contributed by atoms with Crippen molar-refractivity contribution < 1.29 is 22.3 Å². The van der Waals surface area contributed by atoms with Crippen molar-refractivity contribution in [1.29, 1.82) is 0 Å². The first kappa shape index (κ1) is 25.0. The number of rotatable bonds is 7. The Balaban J connectivity index is 1.58. The highest BCUT2D eigenvalue weighted by molar-refractivity contribution is 7.85. The van der Waals surface area contributed by atoms with Crippen LogP contribution < -0.4 is 14.2 Å². The van der Waals surface area contributed by atoms with Crippen LogP contribution in [0.4, 0.5) is 5.69 Å². The van der Waals surface area contributed by atoms with Gasteiger partial charge in [-0.15, -0.1) is 11.3 Å². The van der Waals surface area contributed by atoms with Gasteiger partial charge in [0.25, 0.3) is 15.1 Å². The molecular formula is C27H29N2O4S3+. The number of aromatic nitrogens is 1. The molecule has 0 bridgehead atoms. The number of allylic oxidation sites excluding steroid dienone is 3. The van der Waals surface area contributed by atoms with E-state index in [9.17, 15) is 13.0 Å². The predicted octanol–water partition coefficient (Wildman–Crippen LogP) is 6.01. The maximum Gasteiger partial charge on any atom is 0.265 e. The molecule has 0 atom stereocenters. The molecule has 0 spiro atoms. The van der Waals surface area contributed by atoms with Gasteiger partial charge in [-0.2, -0.15) is 13.0 Å². The average Bonchev–Trinajstić information content (AvgIpc) is 3.49. The molecule has 1 N–H and O–H groups in total. The summed E-state index contributed by atoms with van der Waals surface area (Å²) in [5.41, 5.74) is 4.69. The van der Waals surface area contributed by atoms with E-state index < -0.39 is 10.1 Å². The van der Waals surface area contributed by atoms with Gasteiger partial charge in [0.1, 0.15) is 15.1 Å². The number of hydrogen-bond donors (Lipinski definition) is 1. The van der Waals surface area contributed by atoms with Crippen molar-refractivity contribution in [2.75, 3.05) is 24.8 Å². The van der Waals surface area contributed by atoms with Crippen LogP contribution in [0.3, 0.4) is 0 Å². The van der Waals surface area contributed by atoms with Crippen LogP contribution in [0, 0.1) is 0 Å². The van der Waals surface area contributed by atoms with Gasteiger partial charge in [0.15, 0.2) is 6.54 Å². The van der Waals surface area contributed by atoms with Crippen LogP contribution in [0.5, 0.6) is 5.75 Å². The number of thiophene rings is 1. The summed E-state index contributed by atoms with van der Waals surface area (Å²) in [6.45, 7) is 4.96. The van der Waals surface area contributed by atoms with Gasteiger partial charge >= 0.3 is 0 Å². The number of anilines is 1. The van der Waals surface area contributed by atoms with Gasteiger partial charge in [0.2, 0.25) is 5.52 Å². The first-order chi connectivity index (χ1) is 17.1. The Morgan fingerprint density at radius 1 is 1.22 bits per heavy atom. The topological polar surface area (TPSA) is 70.7 Å². The molecule has 9 heteroatoms. The summed E-state index contributed by atoms with van der Waals surface area (Å²) in [6.07, 6.45) is 6.64. The van der Waals surface area contributed by atoms with Gasteiger partial charge < -0.3 is 9.64 Å². The molecule has 2 aromatic carbocycles. The molecule has 0 saturated carbocycles.